The first-order valence-corrected chi connectivity index (χ1v) is 7.93. The van der Waals surface area contributed by atoms with Gasteiger partial charge in [-0.1, -0.05) is 30.3 Å². The Morgan fingerprint density at radius 3 is 2.45 bits per heavy atom. The number of benzene rings is 2. The average molecular weight is 314 g/mol. The van der Waals surface area contributed by atoms with Crippen molar-refractivity contribution in [2.24, 2.45) is 0 Å². The number of nitro benzene ring substituents is 1. The van der Waals surface area contributed by atoms with Crippen molar-refractivity contribution in [3.63, 3.8) is 0 Å². The molecule has 22 heavy (non-hydrogen) atoms. The predicted octanol–water partition coefficient (Wildman–Crippen LogP) is 3.48. The van der Waals surface area contributed by atoms with Gasteiger partial charge in [0, 0.05) is 30.0 Å². The van der Waals surface area contributed by atoms with Crippen molar-refractivity contribution < 1.29 is 9.72 Å². The van der Waals surface area contributed by atoms with Gasteiger partial charge in [0.1, 0.15) is 5.37 Å². The molecule has 3 rings (SSSR count). The molecular formula is C16H14N2O3S. The van der Waals surface area contributed by atoms with Gasteiger partial charge in [-0.15, -0.1) is 11.8 Å². The van der Waals surface area contributed by atoms with Crippen molar-refractivity contribution in [1.82, 2.24) is 4.90 Å². The molecule has 0 unspecified atom stereocenters. The van der Waals surface area contributed by atoms with Crippen LogP contribution in [0.3, 0.4) is 0 Å². The molecule has 1 amide bonds. The number of amides is 1. The Hall–Kier alpha value is -2.34. The summed E-state index contributed by atoms with van der Waals surface area (Å²) in [7, 11) is 0. The van der Waals surface area contributed by atoms with Gasteiger partial charge in [0.2, 0.25) is 0 Å². The first-order chi connectivity index (χ1) is 10.7. The Kier molecular flexibility index (Phi) is 4.11. The van der Waals surface area contributed by atoms with E-state index in [9.17, 15) is 14.9 Å². The number of nitrogens with zero attached hydrogens (tertiary/aromatic N) is 2. The summed E-state index contributed by atoms with van der Waals surface area (Å²) in [6, 6.07) is 15.7. The SMILES string of the molecule is O=C(c1ccc([N+](=O)[O-])cc1)N1CCS[C@H]1c1ccccc1. The van der Waals surface area contributed by atoms with Gasteiger partial charge in [0.15, 0.2) is 0 Å². The maximum absolute atomic E-state index is 12.7. The van der Waals surface area contributed by atoms with Crippen LogP contribution in [0.5, 0.6) is 0 Å². The molecule has 0 aromatic heterocycles. The van der Waals surface area contributed by atoms with Crippen molar-refractivity contribution in [3.8, 4) is 0 Å². The molecule has 1 heterocycles. The van der Waals surface area contributed by atoms with E-state index >= 15 is 0 Å². The Morgan fingerprint density at radius 1 is 1.14 bits per heavy atom. The fraction of sp³-hybridized carbons (Fsp3) is 0.188. The van der Waals surface area contributed by atoms with E-state index in [0.29, 0.717) is 12.1 Å². The topological polar surface area (TPSA) is 63.4 Å². The molecule has 0 bridgehead atoms. The zero-order valence-electron chi connectivity index (χ0n) is 11.7. The molecule has 112 valence electrons. The van der Waals surface area contributed by atoms with E-state index in [2.05, 4.69) is 0 Å². The first-order valence-electron chi connectivity index (χ1n) is 6.89. The van der Waals surface area contributed by atoms with E-state index in [-0.39, 0.29) is 17.0 Å². The van der Waals surface area contributed by atoms with Gasteiger partial charge < -0.3 is 4.90 Å². The zero-order valence-corrected chi connectivity index (χ0v) is 12.5. The summed E-state index contributed by atoms with van der Waals surface area (Å²) < 4.78 is 0. The third kappa shape index (κ3) is 2.82. The summed E-state index contributed by atoms with van der Waals surface area (Å²) in [5.41, 5.74) is 1.57. The van der Waals surface area contributed by atoms with Crippen molar-refractivity contribution >= 4 is 23.4 Å². The number of rotatable bonds is 3. The summed E-state index contributed by atoms with van der Waals surface area (Å²) in [6.45, 7) is 0.681. The predicted molar refractivity (Wildman–Crippen MR) is 85.8 cm³/mol. The van der Waals surface area contributed by atoms with Gasteiger partial charge in [-0.3, -0.25) is 14.9 Å². The lowest BCUT2D eigenvalue weighted by Gasteiger charge is -2.24. The van der Waals surface area contributed by atoms with Crippen LogP contribution >= 0.6 is 11.8 Å². The Bertz CT molecular complexity index is 688. The molecule has 0 N–H and O–H groups in total. The molecule has 1 aliphatic rings. The van der Waals surface area contributed by atoms with Crippen LogP contribution in [0, 0.1) is 10.1 Å². The Morgan fingerprint density at radius 2 is 1.82 bits per heavy atom. The van der Waals surface area contributed by atoms with Gasteiger partial charge in [-0.25, -0.2) is 0 Å². The van der Waals surface area contributed by atoms with Crippen LogP contribution in [0.4, 0.5) is 5.69 Å². The molecule has 2 aromatic carbocycles. The summed E-state index contributed by atoms with van der Waals surface area (Å²) in [4.78, 5) is 24.7. The minimum atomic E-state index is -0.466. The van der Waals surface area contributed by atoms with E-state index in [0.717, 1.165) is 11.3 Å². The summed E-state index contributed by atoms with van der Waals surface area (Å²) in [6.07, 6.45) is 0. The highest BCUT2D eigenvalue weighted by atomic mass is 32.2. The summed E-state index contributed by atoms with van der Waals surface area (Å²) in [5, 5.41) is 10.7. The van der Waals surface area contributed by atoms with Gasteiger partial charge in [-0.2, -0.15) is 0 Å². The molecule has 6 heteroatoms. The quantitative estimate of drug-likeness (QED) is 0.642. The maximum atomic E-state index is 12.7. The molecule has 5 nitrogen and oxygen atoms in total. The van der Waals surface area contributed by atoms with Crippen LogP contribution < -0.4 is 0 Å². The molecule has 0 saturated carbocycles. The van der Waals surface area contributed by atoms with Crippen LogP contribution in [0.1, 0.15) is 21.3 Å². The lowest BCUT2D eigenvalue weighted by Crippen LogP contribution is -2.30. The van der Waals surface area contributed by atoms with E-state index in [1.165, 1.54) is 24.3 Å². The zero-order chi connectivity index (χ0) is 15.5. The second-order valence-corrected chi connectivity index (χ2v) is 6.12. The van der Waals surface area contributed by atoms with Gasteiger partial charge in [-0.05, 0) is 17.7 Å². The molecule has 0 spiro atoms. The summed E-state index contributed by atoms with van der Waals surface area (Å²) >= 11 is 1.73. The third-order valence-corrected chi connectivity index (χ3v) is 4.82. The van der Waals surface area contributed by atoms with Crippen LogP contribution in [-0.2, 0) is 0 Å². The van der Waals surface area contributed by atoms with E-state index in [1.54, 1.807) is 11.8 Å². The molecule has 0 radical (unpaired) electrons. The normalized spacial score (nSPS) is 17.5. The number of non-ortho nitro benzene ring substituents is 1. The van der Waals surface area contributed by atoms with Crippen molar-refractivity contribution in [2.45, 2.75) is 5.37 Å². The van der Waals surface area contributed by atoms with Crippen LogP contribution in [0.2, 0.25) is 0 Å². The number of thioether (sulfide) groups is 1. The largest absolute Gasteiger partial charge is 0.322 e. The lowest BCUT2D eigenvalue weighted by atomic mass is 10.1. The van der Waals surface area contributed by atoms with Crippen molar-refractivity contribution in [1.29, 1.82) is 0 Å². The standard InChI is InChI=1S/C16H14N2O3S/c19-15(12-6-8-14(9-7-12)18(20)21)17-10-11-22-16(17)13-4-2-1-3-5-13/h1-9,16H,10-11H2/t16-/m0/s1. The van der Waals surface area contributed by atoms with Crippen LogP contribution in [0.15, 0.2) is 54.6 Å². The van der Waals surface area contributed by atoms with E-state index in [1.807, 2.05) is 35.2 Å². The van der Waals surface area contributed by atoms with Crippen molar-refractivity contribution in [2.75, 3.05) is 12.3 Å². The number of hydrogen-bond acceptors (Lipinski definition) is 4. The van der Waals surface area contributed by atoms with Crippen LogP contribution in [0.25, 0.3) is 0 Å². The Labute approximate surface area is 132 Å². The third-order valence-electron chi connectivity index (χ3n) is 3.56. The molecule has 1 saturated heterocycles. The van der Waals surface area contributed by atoms with Crippen molar-refractivity contribution in [3.05, 3.63) is 75.8 Å². The first kappa shape index (κ1) is 14.6. The fourth-order valence-electron chi connectivity index (χ4n) is 2.46. The van der Waals surface area contributed by atoms with E-state index < -0.39 is 4.92 Å². The second-order valence-electron chi connectivity index (χ2n) is 4.94. The number of hydrogen-bond donors (Lipinski definition) is 0. The number of carbonyl (C=O) groups is 1. The van der Waals surface area contributed by atoms with Gasteiger partial charge in [0.05, 0.1) is 4.92 Å². The van der Waals surface area contributed by atoms with E-state index in [4.69, 9.17) is 0 Å². The molecule has 1 aliphatic heterocycles. The molecule has 1 fully saturated rings. The van der Waals surface area contributed by atoms with Crippen LogP contribution in [-0.4, -0.2) is 28.0 Å². The lowest BCUT2D eigenvalue weighted by molar-refractivity contribution is -0.384. The molecule has 0 aliphatic carbocycles. The van der Waals surface area contributed by atoms with Gasteiger partial charge in [0.25, 0.3) is 11.6 Å². The number of carbonyl (C=O) groups excluding carboxylic acids is 1. The monoisotopic (exact) mass is 314 g/mol. The molecule has 2 aromatic rings. The summed E-state index contributed by atoms with van der Waals surface area (Å²) in [5.74, 6) is 0.798. The fourth-order valence-corrected chi connectivity index (χ4v) is 3.72. The highest BCUT2D eigenvalue weighted by molar-refractivity contribution is 7.99. The minimum absolute atomic E-state index is 0.00360. The smallest absolute Gasteiger partial charge is 0.269 e. The van der Waals surface area contributed by atoms with Gasteiger partial charge >= 0.3 is 0 Å². The Balaban J connectivity index is 1.83. The second kappa shape index (κ2) is 6.19. The average Bonchev–Trinajstić information content (AvgIpc) is 3.04. The number of nitro groups is 1. The maximum Gasteiger partial charge on any atom is 0.269 e. The minimum Gasteiger partial charge on any atom is -0.322 e. The molecular weight excluding hydrogens is 300 g/mol. The highest BCUT2D eigenvalue weighted by Crippen LogP contribution is 2.38. The highest BCUT2D eigenvalue weighted by Gasteiger charge is 2.31. The molecule has 1 atom stereocenters.